The highest BCUT2D eigenvalue weighted by Crippen LogP contribution is 2.27. The molecular formula is C15H22N2O4. The third kappa shape index (κ3) is 5.43. The van der Waals surface area contributed by atoms with Gasteiger partial charge in [-0.3, -0.25) is 4.79 Å². The van der Waals surface area contributed by atoms with E-state index in [1.807, 2.05) is 20.8 Å². The Bertz CT molecular complexity index is 500. The van der Waals surface area contributed by atoms with Crippen LogP contribution in [0.25, 0.3) is 0 Å². The third-order valence-electron chi connectivity index (χ3n) is 2.48. The van der Waals surface area contributed by atoms with Crippen LogP contribution in [0.1, 0.15) is 37.6 Å². The molecule has 0 aliphatic carbocycles. The summed E-state index contributed by atoms with van der Waals surface area (Å²) in [5, 5.41) is 2.63. The molecule has 116 valence electrons. The molecule has 0 saturated carbocycles. The summed E-state index contributed by atoms with van der Waals surface area (Å²) >= 11 is 0. The summed E-state index contributed by atoms with van der Waals surface area (Å²) in [6.45, 7) is 5.88. The first-order valence-electron chi connectivity index (χ1n) is 6.95. The average Bonchev–Trinajstić information content (AvgIpc) is 2.45. The van der Waals surface area contributed by atoms with Crippen molar-refractivity contribution in [3.63, 3.8) is 0 Å². The molecule has 0 radical (unpaired) electrons. The zero-order valence-corrected chi connectivity index (χ0v) is 12.6. The van der Waals surface area contributed by atoms with Gasteiger partial charge in [0.1, 0.15) is 5.75 Å². The lowest BCUT2D eigenvalue weighted by Crippen LogP contribution is -2.22. The van der Waals surface area contributed by atoms with Crippen molar-refractivity contribution in [3.05, 3.63) is 23.8 Å². The molecule has 0 unspecified atom stereocenters. The number of carbonyl (C=O) groups is 2. The number of anilines is 1. The summed E-state index contributed by atoms with van der Waals surface area (Å²) in [5.74, 6) is -0.329. The number of benzene rings is 1. The molecule has 0 aliphatic rings. The first kappa shape index (κ1) is 17.0. The number of amides is 1. The molecule has 1 rings (SSSR count). The Hall–Kier alpha value is -2.08. The van der Waals surface area contributed by atoms with Crippen molar-refractivity contribution in [2.45, 2.75) is 33.3 Å². The van der Waals surface area contributed by atoms with E-state index in [9.17, 15) is 9.59 Å². The van der Waals surface area contributed by atoms with Gasteiger partial charge in [0.15, 0.2) is 0 Å². The molecule has 1 aromatic carbocycles. The lowest BCUT2D eigenvalue weighted by Gasteiger charge is -2.16. The highest BCUT2D eigenvalue weighted by molar-refractivity contribution is 5.95. The van der Waals surface area contributed by atoms with E-state index in [1.165, 1.54) is 0 Å². The minimum atomic E-state index is -0.415. The van der Waals surface area contributed by atoms with Crippen molar-refractivity contribution in [3.8, 4) is 5.75 Å². The molecule has 0 bridgehead atoms. The fourth-order valence-electron chi connectivity index (χ4n) is 1.58. The van der Waals surface area contributed by atoms with E-state index in [-0.39, 0.29) is 18.6 Å². The van der Waals surface area contributed by atoms with Crippen LogP contribution < -0.4 is 15.8 Å². The van der Waals surface area contributed by atoms with Gasteiger partial charge in [-0.25, -0.2) is 4.79 Å². The zero-order valence-electron chi connectivity index (χ0n) is 12.6. The predicted octanol–water partition coefficient (Wildman–Crippen LogP) is 1.94. The second-order valence-electron chi connectivity index (χ2n) is 4.77. The second-order valence-corrected chi connectivity index (χ2v) is 4.77. The normalized spacial score (nSPS) is 10.3. The molecule has 6 nitrogen and oxygen atoms in total. The number of nitrogens with one attached hydrogen (secondary N) is 1. The Morgan fingerprint density at radius 1 is 1.33 bits per heavy atom. The minimum Gasteiger partial charge on any atom is -0.489 e. The second kappa shape index (κ2) is 8.26. The van der Waals surface area contributed by atoms with Crippen molar-refractivity contribution >= 4 is 17.6 Å². The Balaban J connectivity index is 3.00. The molecule has 1 aromatic rings. The number of hydrogen-bond donors (Lipinski definition) is 2. The lowest BCUT2D eigenvalue weighted by molar-refractivity contribution is -0.114. The molecule has 0 spiro atoms. The van der Waals surface area contributed by atoms with Crippen LogP contribution in [-0.2, 0) is 9.53 Å². The summed E-state index contributed by atoms with van der Waals surface area (Å²) in [6.07, 6.45) is 0.659. The summed E-state index contributed by atoms with van der Waals surface area (Å²) in [6, 6.07) is 4.75. The van der Waals surface area contributed by atoms with Crippen molar-refractivity contribution in [2.24, 2.45) is 5.73 Å². The van der Waals surface area contributed by atoms with Crippen LogP contribution in [-0.4, -0.2) is 31.1 Å². The Morgan fingerprint density at radius 2 is 2.05 bits per heavy atom. The van der Waals surface area contributed by atoms with E-state index >= 15 is 0 Å². The number of rotatable bonds is 7. The number of ether oxygens (including phenoxy) is 2. The summed E-state index contributed by atoms with van der Waals surface area (Å²) in [7, 11) is 0. The Morgan fingerprint density at radius 3 is 2.62 bits per heavy atom. The van der Waals surface area contributed by atoms with E-state index in [1.54, 1.807) is 18.2 Å². The van der Waals surface area contributed by atoms with E-state index in [2.05, 4.69) is 5.32 Å². The summed E-state index contributed by atoms with van der Waals surface area (Å²) in [4.78, 5) is 23.2. The van der Waals surface area contributed by atoms with Gasteiger partial charge >= 0.3 is 5.97 Å². The van der Waals surface area contributed by atoms with Crippen LogP contribution >= 0.6 is 0 Å². The molecule has 0 aromatic heterocycles. The highest BCUT2D eigenvalue weighted by Gasteiger charge is 2.14. The van der Waals surface area contributed by atoms with Gasteiger partial charge in [-0.1, -0.05) is 6.92 Å². The monoisotopic (exact) mass is 294 g/mol. The van der Waals surface area contributed by atoms with E-state index < -0.39 is 5.97 Å². The fourth-order valence-corrected chi connectivity index (χ4v) is 1.58. The topological polar surface area (TPSA) is 90.7 Å². The maximum atomic E-state index is 11.8. The van der Waals surface area contributed by atoms with Crippen LogP contribution in [0.4, 0.5) is 5.69 Å². The van der Waals surface area contributed by atoms with Gasteiger partial charge in [0, 0.05) is 0 Å². The third-order valence-corrected chi connectivity index (χ3v) is 2.48. The standard InChI is InChI=1S/C15H22N2O4/c1-4-7-20-15(19)11-5-6-12(17-14(18)9-16)13(8-11)21-10(2)3/h5-6,8,10H,4,7,9,16H2,1-3H3,(H,17,18). The number of nitrogens with two attached hydrogens (primary N) is 1. The molecule has 0 atom stereocenters. The van der Waals surface area contributed by atoms with Gasteiger partial charge in [-0.2, -0.15) is 0 Å². The van der Waals surface area contributed by atoms with Crippen molar-refractivity contribution in [2.75, 3.05) is 18.5 Å². The van der Waals surface area contributed by atoms with E-state index in [0.717, 1.165) is 6.42 Å². The first-order chi connectivity index (χ1) is 9.97. The smallest absolute Gasteiger partial charge is 0.338 e. The van der Waals surface area contributed by atoms with Crippen LogP contribution in [0.5, 0.6) is 5.75 Å². The molecule has 0 aliphatic heterocycles. The molecule has 21 heavy (non-hydrogen) atoms. The number of esters is 1. The molecular weight excluding hydrogens is 272 g/mol. The Labute approximate surface area is 124 Å². The van der Waals surface area contributed by atoms with Crippen LogP contribution in [0, 0.1) is 0 Å². The average molecular weight is 294 g/mol. The highest BCUT2D eigenvalue weighted by atomic mass is 16.5. The largest absolute Gasteiger partial charge is 0.489 e. The maximum Gasteiger partial charge on any atom is 0.338 e. The SMILES string of the molecule is CCCOC(=O)c1ccc(NC(=O)CN)c(OC(C)C)c1. The van der Waals surface area contributed by atoms with Crippen molar-refractivity contribution < 1.29 is 19.1 Å². The minimum absolute atomic E-state index is 0.0968. The summed E-state index contributed by atoms with van der Waals surface area (Å²) in [5.41, 5.74) is 6.13. The maximum absolute atomic E-state index is 11.8. The van der Waals surface area contributed by atoms with Gasteiger partial charge in [0.2, 0.25) is 5.91 Å². The van der Waals surface area contributed by atoms with Gasteiger partial charge in [-0.15, -0.1) is 0 Å². The van der Waals surface area contributed by atoms with Crippen LogP contribution in [0.2, 0.25) is 0 Å². The van der Waals surface area contributed by atoms with E-state index in [0.29, 0.717) is 23.6 Å². The molecule has 0 fully saturated rings. The first-order valence-corrected chi connectivity index (χ1v) is 6.95. The molecule has 3 N–H and O–H groups in total. The van der Waals surface area contributed by atoms with Crippen molar-refractivity contribution in [1.82, 2.24) is 0 Å². The van der Waals surface area contributed by atoms with Crippen molar-refractivity contribution in [1.29, 1.82) is 0 Å². The molecule has 6 heteroatoms. The quantitative estimate of drug-likeness (QED) is 0.750. The number of carbonyl (C=O) groups excluding carboxylic acids is 2. The lowest BCUT2D eigenvalue weighted by atomic mass is 10.2. The van der Waals surface area contributed by atoms with Gasteiger partial charge in [0.05, 0.1) is 30.5 Å². The molecule has 0 saturated heterocycles. The molecule has 0 heterocycles. The Kier molecular flexibility index (Phi) is 6.68. The van der Waals surface area contributed by atoms with Crippen LogP contribution in [0.15, 0.2) is 18.2 Å². The van der Waals surface area contributed by atoms with Crippen LogP contribution in [0.3, 0.4) is 0 Å². The fraction of sp³-hybridized carbons (Fsp3) is 0.467. The summed E-state index contributed by atoms with van der Waals surface area (Å²) < 4.78 is 10.7. The zero-order chi connectivity index (χ0) is 15.8. The van der Waals surface area contributed by atoms with Gasteiger partial charge in [-0.05, 0) is 38.5 Å². The predicted molar refractivity (Wildman–Crippen MR) is 80.5 cm³/mol. The van der Waals surface area contributed by atoms with Gasteiger partial charge < -0.3 is 20.5 Å². The molecule has 1 amide bonds. The number of hydrogen-bond acceptors (Lipinski definition) is 5. The van der Waals surface area contributed by atoms with Gasteiger partial charge in [0.25, 0.3) is 0 Å². The van der Waals surface area contributed by atoms with E-state index in [4.69, 9.17) is 15.2 Å².